The molecule has 1 unspecified atom stereocenters. The number of aliphatic hydroxyl groups excluding tert-OH is 2. The van der Waals surface area contributed by atoms with Gasteiger partial charge in [-0.2, -0.15) is 0 Å². The first kappa shape index (κ1) is 51.8. The highest BCUT2D eigenvalue weighted by Gasteiger charge is 2.08. The highest BCUT2D eigenvalue weighted by atomic mass is 32.3. The van der Waals surface area contributed by atoms with E-state index in [-0.39, 0.29) is 28.6 Å². The van der Waals surface area contributed by atoms with Crippen molar-refractivity contribution in [2.45, 2.75) is 0 Å². The number of carbonyl (C=O) groups is 3. The number of thioether (sulfide) groups is 16. The summed E-state index contributed by atoms with van der Waals surface area (Å²) >= 11 is 25.7. The highest BCUT2D eigenvalue weighted by Crippen LogP contribution is 2.26. The Morgan fingerprint density at radius 1 is 0.426 bits per heavy atom. The zero-order valence-electron chi connectivity index (χ0n) is 25.8. The summed E-state index contributed by atoms with van der Waals surface area (Å²) in [6.07, 6.45) is 0. The molecule has 47 heavy (non-hydrogen) atoms. The fourth-order valence-electron chi connectivity index (χ4n) is 2.14. The first-order valence-electron chi connectivity index (χ1n) is 13.5. The summed E-state index contributed by atoms with van der Waals surface area (Å²) < 4.78 is 12.2. The fraction of sp³-hybridized carbons (Fsp3) is 0.875. The molecule has 23 heteroatoms. The molecule has 278 valence electrons. The van der Waals surface area contributed by atoms with Gasteiger partial charge in [0.25, 0.3) is 0 Å². The third kappa shape index (κ3) is 43.4. The highest BCUT2D eigenvalue weighted by molar-refractivity contribution is 8.31. The molecule has 0 heterocycles. The van der Waals surface area contributed by atoms with Gasteiger partial charge in [-0.3, -0.25) is 14.4 Å². The number of carbonyl (C=O) groups excluding carboxylic acids is 3. The topological polar surface area (TPSA) is 115 Å². The zero-order chi connectivity index (χ0) is 34.5. The Kier molecular flexibility index (Phi) is 48.1. The van der Waals surface area contributed by atoms with Crippen LogP contribution in [-0.2, 0) is 25.6 Å². The molecule has 2 N–H and O–H groups in total. The molecular weight excluding hydrogens is 929 g/mol. The standard InChI is InChI=1S/C24H44O6S17/c25-1-3-31-10-40-18-44-22(27)7-34-13-37-12-33-5-6-47(30)21-43-17-39-16-42-20-46-24(29)9-36-15-38-14-35-8-23(28)45-19-41-11-32-4-2-26/h25-26H,1-21H2. The van der Waals surface area contributed by atoms with Crippen molar-refractivity contribution in [1.29, 1.82) is 0 Å². The van der Waals surface area contributed by atoms with Gasteiger partial charge in [-0.05, 0) is 11.2 Å². The van der Waals surface area contributed by atoms with E-state index in [9.17, 15) is 18.9 Å². The van der Waals surface area contributed by atoms with E-state index in [1.165, 1.54) is 35.3 Å². The normalized spacial score (nSPS) is 12.1. The van der Waals surface area contributed by atoms with Crippen LogP contribution >= 0.6 is 188 Å². The lowest BCUT2D eigenvalue weighted by Crippen LogP contribution is -2.11. The molecule has 0 aromatic carbocycles. The summed E-state index contributed by atoms with van der Waals surface area (Å²) in [5.74, 6) is 4.68. The van der Waals surface area contributed by atoms with Crippen molar-refractivity contribution in [3.05, 3.63) is 0 Å². The maximum Gasteiger partial charge on any atom is 0.199 e. The maximum absolute atomic E-state index is 12.2. The van der Waals surface area contributed by atoms with Crippen LogP contribution < -0.4 is 0 Å². The van der Waals surface area contributed by atoms with Gasteiger partial charge in [0.2, 0.25) is 0 Å². The van der Waals surface area contributed by atoms with E-state index >= 15 is 0 Å². The Bertz CT molecular complexity index is 734. The molecular formula is C24H44O6S17. The van der Waals surface area contributed by atoms with Gasteiger partial charge in [0.15, 0.2) is 20.4 Å². The minimum atomic E-state index is -0.801. The van der Waals surface area contributed by atoms with Crippen molar-refractivity contribution in [2.75, 3.05) is 115 Å². The molecule has 0 amide bonds. The smallest absolute Gasteiger partial charge is 0.199 e. The summed E-state index contributed by atoms with van der Waals surface area (Å²) in [4.78, 5) is 35.8. The number of hydrogen-bond acceptors (Lipinski definition) is 22. The monoisotopic (exact) mass is 972 g/mol. The van der Waals surface area contributed by atoms with Crippen molar-refractivity contribution in [3.8, 4) is 0 Å². The van der Waals surface area contributed by atoms with E-state index in [0.717, 1.165) is 73.2 Å². The molecule has 0 aliphatic rings. The average Bonchev–Trinajstić information content (AvgIpc) is 3.06. The van der Waals surface area contributed by atoms with Gasteiger partial charge < -0.3 is 14.8 Å². The van der Waals surface area contributed by atoms with Crippen LogP contribution in [-0.4, -0.2) is 145 Å². The summed E-state index contributed by atoms with van der Waals surface area (Å²) in [5, 5.41) is 28.3. The van der Waals surface area contributed by atoms with E-state index in [4.69, 9.17) is 10.2 Å². The third-order valence-corrected chi connectivity index (χ3v) is 25.5. The van der Waals surface area contributed by atoms with Gasteiger partial charge in [0.1, 0.15) is 5.75 Å². The van der Waals surface area contributed by atoms with Crippen LogP contribution in [0.25, 0.3) is 0 Å². The molecule has 0 saturated carbocycles. The Labute approximate surface area is 353 Å². The minimum Gasteiger partial charge on any atom is -0.616 e. The molecule has 0 aliphatic heterocycles. The molecule has 0 aromatic heterocycles. The van der Waals surface area contributed by atoms with E-state index in [0.29, 0.717) is 28.1 Å². The van der Waals surface area contributed by atoms with E-state index in [2.05, 4.69) is 0 Å². The first-order valence-corrected chi connectivity index (χ1v) is 33.0. The quantitative estimate of drug-likeness (QED) is 0.0352. The van der Waals surface area contributed by atoms with E-state index in [1.807, 2.05) is 23.5 Å². The number of rotatable bonds is 37. The van der Waals surface area contributed by atoms with Gasteiger partial charge in [0.05, 0.1) is 30.5 Å². The van der Waals surface area contributed by atoms with Crippen LogP contribution in [0.2, 0.25) is 0 Å². The summed E-state index contributed by atoms with van der Waals surface area (Å²) in [6, 6.07) is 0. The van der Waals surface area contributed by atoms with Gasteiger partial charge in [-0.15, -0.1) is 141 Å². The number of hydrogen-bond donors (Lipinski definition) is 2. The predicted molar refractivity (Wildman–Crippen MR) is 251 cm³/mol. The second-order valence-electron chi connectivity index (χ2n) is 7.75. The van der Waals surface area contributed by atoms with Crippen LogP contribution in [0, 0.1) is 0 Å². The molecule has 6 nitrogen and oxygen atoms in total. The van der Waals surface area contributed by atoms with Crippen LogP contribution in [0.3, 0.4) is 0 Å². The fourth-order valence-corrected chi connectivity index (χ4v) is 22.0. The Morgan fingerprint density at radius 3 is 1.15 bits per heavy atom. The molecule has 0 bridgehead atoms. The first-order chi connectivity index (χ1) is 23.0. The van der Waals surface area contributed by atoms with Crippen molar-refractivity contribution >= 4 is 215 Å². The zero-order valence-corrected chi connectivity index (χ0v) is 39.7. The molecule has 0 aliphatic carbocycles. The lowest BCUT2D eigenvalue weighted by molar-refractivity contribution is -0.109. The number of aliphatic hydroxyl groups is 2. The lowest BCUT2D eigenvalue weighted by atomic mass is 10.9. The van der Waals surface area contributed by atoms with Crippen molar-refractivity contribution in [1.82, 2.24) is 0 Å². The predicted octanol–water partition coefficient (Wildman–Crippen LogP) is 8.52. The largest absolute Gasteiger partial charge is 0.616 e. The Hall–Kier alpha value is 4.84. The molecule has 1 atom stereocenters. The van der Waals surface area contributed by atoms with E-state index < -0.39 is 11.2 Å². The minimum absolute atomic E-state index is 0.200. The lowest BCUT2D eigenvalue weighted by Gasteiger charge is -2.10. The molecule has 0 fully saturated rings. The van der Waals surface area contributed by atoms with Crippen molar-refractivity contribution in [3.63, 3.8) is 0 Å². The van der Waals surface area contributed by atoms with Gasteiger partial charge >= 0.3 is 0 Å². The van der Waals surface area contributed by atoms with Crippen molar-refractivity contribution < 1.29 is 29.1 Å². The Balaban J connectivity index is 3.35. The maximum atomic E-state index is 12.2. The molecule has 0 spiro atoms. The van der Waals surface area contributed by atoms with Crippen molar-refractivity contribution in [2.24, 2.45) is 0 Å². The summed E-state index contributed by atoms with van der Waals surface area (Å²) in [6.45, 7) is 0.404. The molecule has 0 aromatic rings. The van der Waals surface area contributed by atoms with Crippen LogP contribution in [0.15, 0.2) is 0 Å². The second kappa shape index (κ2) is 43.6. The van der Waals surface area contributed by atoms with Crippen LogP contribution in [0.4, 0.5) is 0 Å². The summed E-state index contributed by atoms with van der Waals surface area (Å²) in [5.41, 5.74) is 0. The molecule has 0 radical (unpaired) electrons. The molecule has 0 saturated heterocycles. The third-order valence-electron chi connectivity index (χ3n) is 4.04. The van der Waals surface area contributed by atoms with Gasteiger partial charge in [0, 0.05) is 73.2 Å². The SMILES string of the molecule is O=C(CSCSCSCC[S+]([O-])CSCSCSCSC(=O)CSCSCSCC(=O)SCSCSCCO)SCSCSCCO. The van der Waals surface area contributed by atoms with E-state index in [1.54, 1.807) is 129 Å². The van der Waals surface area contributed by atoms with Gasteiger partial charge in [-0.25, -0.2) is 0 Å². The van der Waals surface area contributed by atoms with Crippen LogP contribution in [0.1, 0.15) is 0 Å². The Morgan fingerprint density at radius 2 is 0.745 bits per heavy atom. The average molecular weight is 974 g/mol. The summed E-state index contributed by atoms with van der Waals surface area (Å²) in [7, 11) is 0. The second-order valence-corrected chi connectivity index (χ2v) is 30.0. The van der Waals surface area contributed by atoms with Crippen LogP contribution in [0.5, 0.6) is 0 Å². The van der Waals surface area contributed by atoms with Gasteiger partial charge in [-0.1, -0.05) is 47.0 Å². The molecule has 0 rings (SSSR count).